The summed E-state index contributed by atoms with van der Waals surface area (Å²) < 4.78 is 31.4. The van der Waals surface area contributed by atoms with Crippen molar-refractivity contribution in [1.82, 2.24) is 33.5 Å². The van der Waals surface area contributed by atoms with Gasteiger partial charge < -0.3 is 5.11 Å². The summed E-state index contributed by atoms with van der Waals surface area (Å²) in [6.45, 7) is 1.54. The van der Waals surface area contributed by atoms with Crippen molar-refractivity contribution >= 4 is 16.8 Å². The highest BCUT2D eigenvalue weighted by atomic mass is 19.1. The first-order valence-corrected chi connectivity index (χ1v) is 9.81. The first-order chi connectivity index (χ1) is 15.5. The van der Waals surface area contributed by atoms with E-state index in [1.165, 1.54) is 56.4 Å². The van der Waals surface area contributed by atoms with Gasteiger partial charge in [0, 0.05) is 6.20 Å². The Bertz CT molecular complexity index is 1500. The minimum atomic E-state index is -0.576. The molecule has 0 amide bonds. The highest BCUT2D eigenvalue weighted by Gasteiger charge is 2.22. The molecule has 5 heterocycles. The predicted octanol–water partition coefficient (Wildman–Crippen LogP) is 2.18. The molecule has 32 heavy (non-hydrogen) atoms. The third-order valence-corrected chi connectivity index (χ3v) is 5.29. The van der Waals surface area contributed by atoms with Crippen molar-refractivity contribution in [2.24, 2.45) is 0 Å². The molecule has 9 nitrogen and oxygen atoms in total. The summed E-state index contributed by atoms with van der Waals surface area (Å²) in [5, 5.41) is 9.44. The van der Waals surface area contributed by atoms with Crippen LogP contribution in [-0.4, -0.2) is 45.2 Å². The van der Waals surface area contributed by atoms with Gasteiger partial charge in [-0.3, -0.25) is 18.5 Å². The Labute approximate surface area is 179 Å². The van der Waals surface area contributed by atoms with Gasteiger partial charge in [0.1, 0.15) is 28.5 Å². The lowest BCUT2D eigenvalue weighted by Crippen LogP contribution is -2.28. The monoisotopic (exact) mass is 437 g/mol. The molecule has 1 unspecified atom stereocenters. The second-order valence-electron chi connectivity index (χ2n) is 7.23. The number of imidazole rings is 2. The van der Waals surface area contributed by atoms with Crippen molar-refractivity contribution in [2.45, 2.75) is 19.5 Å². The average molecular weight is 437 g/mol. The van der Waals surface area contributed by atoms with E-state index >= 15 is 0 Å². The Balaban J connectivity index is 1.74. The zero-order valence-corrected chi connectivity index (χ0v) is 16.9. The molecule has 0 aromatic carbocycles. The molecule has 5 aromatic heterocycles. The summed E-state index contributed by atoms with van der Waals surface area (Å²) in [6, 6.07) is 5.03. The average Bonchev–Trinajstić information content (AvgIpc) is 3.32. The largest absolute Gasteiger partial charge is 0.395 e. The zero-order chi connectivity index (χ0) is 22.4. The lowest BCUT2D eigenvalue weighted by molar-refractivity contribution is 0.275. The number of aliphatic hydroxyl groups excluding tert-OH is 1. The number of fused-ring (bicyclic) bond motifs is 2. The van der Waals surface area contributed by atoms with Crippen LogP contribution < -0.4 is 5.69 Å². The number of hydrogen-bond acceptors (Lipinski definition) is 6. The molecule has 1 atom stereocenters. The maximum Gasteiger partial charge on any atom is 0.331 e. The summed E-state index contributed by atoms with van der Waals surface area (Å²) in [6.07, 6.45) is 5.36. The lowest BCUT2D eigenvalue weighted by Gasteiger charge is -2.12. The molecule has 162 valence electrons. The number of rotatable bonds is 5. The molecule has 1 N–H and O–H groups in total. The van der Waals surface area contributed by atoms with E-state index in [2.05, 4.69) is 19.9 Å². The van der Waals surface area contributed by atoms with E-state index in [1.807, 2.05) is 0 Å². The maximum absolute atomic E-state index is 13.8. The first kappa shape index (κ1) is 19.9. The molecule has 0 bridgehead atoms. The van der Waals surface area contributed by atoms with E-state index in [1.54, 1.807) is 6.92 Å². The Hall–Kier alpha value is -3.99. The SMILES string of the molecule is CC(c1ccc(F)cn1)n1c(=O)n(CCO)c2cnc(-c3cnc4ccc(F)cn34)nc21. The van der Waals surface area contributed by atoms with E-state index in [0.717, 1.165) is 6.20 Å². The van der Waals surface area contributed by atoms with Crippen molar-refractivity contribution in [1.29, 1.82) is 0 Å². The summed E-state index contributed by atoms with van der Waals surface area (Å²) in [4.78, 5) is 30.5. The molecule has 5 rings (SSSR count). The lowest BCUT2D eigenvalue weighted by atomic mass is 10.2. The fourth-order valence-corrected chi connectivity index (χ4v) is 3.73. The Morgan fingerprint density at radius 1 is 1.03 bits per heavy atom. The molecular formula is C21H17F2N7O2. The van der Waals surface area contributed by atoms with Crippen molar-refractivity contribution < 1.29 is 13.9 Å². The van der Waals surface area contributed by atoms with Crippen LogP contribution in [0.3, 0.4) is 0 Å². The predicted molar refractivity (Wildman–Crippen MR) is 111 cm³/mol. The van der Waals surface area contributed by atoms with Crippen molar-refractivity contribution in [3.8, 4) is 11.5 Å². The molecule has 11 heteroatoms. The van der Waals surface area contributed by atoms with Gasteiger partial charge in [-0.05, 0) is 31.2 Å². The number of aromatic nitrogens is 7. The fourth-order valence-electron chi connectivity index (χ4n) is 3.73. The first-order valence-electron chi connectivity index (χ1n) is 9.81. The van der Waals surface area contributed by atoms with Crippen molar-refractivity contribution in [3.05, 3.63) is 76.9 Å². The van der Waals surface area contributed by atoms with Crippen LogP contribution in [0.4, 0.5) is 8.78 Å². The zero-order valence-electron chi connectivity index (χ0n) is 16.9. The van der Waals surface area contributed by atoms with Crippen LogP contribution in [0, 0.1) is 11.6 Å². The van der Waals surface area contributed by atoms with Gasteiger partial charge in [0.05, 0.1) is 43.5 Å². The van der Waals surface area contributed by atoms with Gasteiger partial charge in [0.2, 0.25) is 0 Å². The van der Waals surface area contributed by atoms with Crippen LogP contribution in [0.1, 0.15) is 18.7 Å². The van der Waals surface area contributed by atoms with Gasteiger partial charge >= 0.3 is 5.69 Å². The van der Waals surface area contributed by atoms with Gasteiger partial charge in [-0.1, -0.05) is 0 Å². The second kappa shape index (κ2) is 7.61. The molecule has 0 aliphatic carbocycles. The van der Waals surface area contributed by atoms with Gasteiger partial charge in [-0.2, -0.15) is 0 Å². The normalized spacial score (nSPS) is 12.6. The highest BCUT2D eigenvalue weighted by molar-refractivity contribution is 5.74. The molecule has 0 fully saturated rings. The van der Waals surface area contributed by atoms with Crippen LogP contribution in [0.15, 0.2) is 53.8 Å². The fraction of sp³-hybridized carbons (Fsp3) is 0.190. The Morgan fingerprint density at radius 2 is 1.84 bits per heavy atom. The van der Waals surface area contributed by atoms with Gasteiger partial charge in [-0.15, -0.1) is 0 Å². The van der Waals surface area contributed by atoms with E-state index in [9.17, 15) is 18.7 Å². The number of aliphatic hydroxyl groups is 1. The van der Waals surface area contributed by atoms with E-state index in [0.29, 0.717) is 28.2 Å². The van der Waals surface area contributed by atoms with E-state index < -0.39 is 23.4 Å². The minimum absolute atomic E-state index is 0.0510. The molecule has 0 spiro atoms. The van der Waals surface area contributed by atoms with Crippen molar-refractivity contribution in [3.63, 3.8) is 0 Å². The quantitative estimate of drug-likeness (QED) is 0.452. The number of pyridine rings is 2. The van der Waals surface area contributed by atoms with Crippen LogP contribution in [0.5, 0.6) is 0 Å². The number of halogens is 2. The summed E-state index contributed by atoms with van der Waals surface area (Å²) >= 11 is 0. The summed E-state index contributed by atoms with van der Waals surface area (Å²) in [5.74, 6) is -0.690. The molecule has 0 aliphatic rings. The summed E-state index contributed by atoms with van der Waals surface area (Å²) in [7, 11) is 0. The highest BCUT2D eigenvalue weighted by Crippen LogP contribution is 2.23. The molecule has 5 aromatic rings. The van der Waals surface area contributed by atoms with Crippen molar-refractivity contribution in [2.75, 3.05) is 6.61 Å². The molecular weight excluding hydrogens is 420 g/mol. The van der Waals surface area contributed by atoms with E-state index in [4.69, 9.17) is 0 Å². The van der Waals surface area contributed by atoms with Gasteiger partial charge in [0.25, 0.3) is 0 Å². The third-order valence-electron chi connectivity index (χ3n) is 5.29. The minimum Gasteiger partial charge on any atom is -0.395 e. The molecule has 0 saturated carbocycles. The van der Waals surface area contributed by atoms with Crippen LogP contribution >= 0.6 is 0 Å². The van der Waals surface area contributed by atoms with E-state index in [-0.39, 0.29) is 19.0 Å². The number of nitrogens with zero attached hydrogens (tertiary/aromatic N) is 7. The maximum atomic E-state index is 13.8. The molecule has 0 radical (unpaired) electrons. The smallest absolute Gasteiger partial charge is 0.331 e. The Morgan fingerprint density at radius 3 is 2.59 bits per heavy atom. The number of hydrogen-bond donors (Lipinski definition) is 1. The van der Waals surface area contributed by atoms with Crippen LogP contribution in [0.25, 0.3) is 28.3 Å². The third kappa shape index (κ3) is 3.14. The van der Waals surface area contributed by atoms with Gasteiger partial charge in [0.15, 0.2) is 11.5 Å². The molecule has 0 saturated heterocycles. The topological polar surface area (TPSA) is 103 Å². The standard InChI is InChI=1S/C21H17F2N7O2/c1-12(15-4-2-13(22)8-24-15)30-20-17(28(6-7-31)21(30)32)10-26-19(27-20)16-9-25-18-5-3-14(23)11-29(16)18/h2-5,8-12,31H,6-7H2,1H3. The summed E-state index contributed by atoms with van der Waals surface area (Å²) in [5.41, 5.74) is 1.74. The van der Waals surface area contributed by atoms with Crippen LogP contribution in [0.2, 0.25) is 0 Å². The van der Waals surface area contributed by atoms with Gasteiger partial charge in [-0.25, -0.2) is 28.5 Å². The second-order valence-corrected chi connectivity index (χ2v) is 7.23. The molecule has 0 aliphatic heterocycles. The van der Waals surface area contributed by atoms with Crippen LogP contribution in [-0.2, 0) is 6.54 Å². The Kier molecular flexibility index (Phi) is 4.74.